The molecule has 0 aliphatic carbocycles. The summed E-state index contributed by atoms with van der Waals surface area (Å²) >= 11 is 4.47. The van der Waals surface area contributed by atoms with Gasteiger partial charge in [0.1, 0.15) is 4.88 Å². The van der Waals surface area contributed by atoms with Crippen LogP contribution in [0.15, 0.2) is 22.5 Å². The molecule has 0 saturated heterocycles. The number of amides is 1. The Morgan fingerprint density at radius 2 is 2.46 bits per heavy atom. The molecular formula is C8H9BrN2OS. The average molecular weight is 261 g/mol. The van der Waals surface area contributed by atoms with Gasteiger partial charge in [-0.1, -0.05) is 22.5 Å². The van der Waals surface area contributed by atoms with E-state index >= 15 is 0 Å². The number of carbonyl (C=O) groups excluding carboxylic acids is 1. The molecule has 0 aliphatic heterocycles. The summed E-state index contributed by atoms with van der Waals surface area (Å²) < 4.78 is 0.732. The minimum atomic E-state index is -0.159. The number of carbonyl (C=O) groups is 1. The van der Waals surface area contributed by atoms with E-state index in [1.54, 1.807) is 11.4 Å². The first-order chi connectivity index (χ1) is 6.11. The molecule has 3 nitrogen and oxygen atoms in total. The molecule has 0 fully saturated rings. The number of rotatable bonds is 3. The summed E-state index contributed by atoms with van der Waals surface area (Å²) in [6, 6.07) is 1.71. The standard InChI is InChI=1S/C8H9BrN2OS/c1-5(9)4-11-8(12)7-6(10)2-3-13-7/h2-3H,1,4,10H2,(H,11,12). The molecular weight excluding hydrogens is 252 g/mol. The maximum Gasteiger partial charge on any atom is 0.263 e. The van der Waals surface area contributed by atoms with Crippen LogP contribution in [-0.4, -0.2) is 12.5 Å². The van der Waals surface area contributed by atoms with E-state index < -0.39 is 0 Å². The first kappa shape index (κ1) is 10.3. The van der Waals surface area contributed by atoms with Gasteiger partial charge in [0.15, 0.2) is 0 Å². The third-order valence-corrected chi connectivity index (χ3v) is 2.55. The fourth-order valence-corrected chi connectivity index (χ4v) is 1.63. The van der Waals surface area contributed by atoms with Crippen LogP contribution >= 0.6 is 27.3 Å². The molecule has 0 radical (unpaired) electrons. The number of hydrogen-bond donors (Lipinski definition) is 2. The van der Waals surface area contributed by atoms with Crippen molar-refractivity contribution in [3.05, 3.63) is 27.4 Å². The molecule has 13 heavy (non-hydrogen) atoms. The van der Waals surface area contributed by atoms with Crippen LogP contribution in [0.5, 0.6) is 0 Å². The maximum absolute atomic E-state index is 11.4. The second-order valence-electron chi connectivity index (χ2n) is 2.41. The van der Waals surface area contributed by atoms with E-state index in [4.69, 9.17) is 5.73 Å². The first-order valence-corrected chi connectivity index (χ1v) is 5.23. The molecule has 70 valence electrons. The second-order valence-corrected chi connectivity index (χ2v) is 4.44. The number of nitrogen functional groups attached to an aromatic ring is 1. The van der Waals surface area contributed by atoms with Crippen LogP contribution < -0.4 is 11.1 Å². The summed E-state index contributed by atoms with van der Waals surface area (Å²) in [6.07, 6.45) is 0. The van der Waals surface area contributed by atoms with Gasteiger partial charge >= 0.3 is 0 Å². The Morgan fingerprint density at radius 1 is 1.77 bits per heavy atom. The summed E-state index contributed by atoms with van der Waals surface area (Å²) in [5.41, 5.74) is 6.08. The maximum atomic E-state index is 11.4. The molecule has 1 aromatic rings. The Labute approximate surface area is 88.8 Å². The SMILES string of the molecule is C=C(Br)CNC(=O)c1sccc1N. The number of nitrogens with one attached hydrogen (secondary N) is 1. The summed E-state index contributed by atoms with van der Waals surface area (Å²) in [5, 5.41) is 4.46. The number of thiophene rings is 1. The molecule has 1 rings (SSSR count). The smallest absolute Gasteiger partial charge is 0.263 e. The Balaban J connectivity index is 2.59. The quantitative estimate of drug-likeness (QED) is 0.874. The fourth-order valence-electron chi connectivity index (χ4n) is 0.760. The predicted molar refractivity (Wildman–Crippen MR) is 59.1 cm³/mol. The largest absolute Gasteiger partial charge is 0.397 e. The van der Waals surface area contributed by atoms with Crippen molar-refractivity contribution in [3.63, 3.8) is 0 Å². The van der Waals surface area contributed by atoms with Crippen molar-refractivity contribution in [2.24, 2.45) is 0 Å². The van der Waals surface area contributed by atoms with Gasteiger partial charge in [-0.3, -0.25) is 4.79 Å². The van der Waals surface area contributed by atoms with E-state index in [0.29, 0.717) is 17.1 Å². The van der Waals surface area contributed by atoms with E-state index in [0.717, 1.165) is 4.48 Å². The number of halogens is 1. The predicted octanol–water partition coefficient (Wildman–Crippen LogP) is 1.97. The lowest BCUT2D eigenvalue weighted by molar-refractivity contribution is 0.0962. The summed E-state index contributed by atoms with van der Waals surface area (Å²) in [6.45, 7) is 4.02. The third kappa shape index (κ3) is 2.86. The van der Waals surface area contributed by atoms with Crippen LogP contribution in [0.4, 0.5) is 5.69 Å². The van der Waals surface area contributed by atoms with Crippen LogP contribution in [0.3, 0.4) is 0 Å². The lowest BCUT2D eigenvalue weighted by Crippen LogP contribution is -2.24. The Morgan fingerprint density at radius 3 is 2.92 bits per heavy atom. The zero-order valence-corrected chi connectivity index (χ0v) is 9.24. The molecule has 0 atom stereocenters. The van der Waals surface area contributed by atoms with E-state index in [1.807, 2.05) is 0 Å². The first-order valence-electron chi connectivity index (χ1n) is 3.55. The molecule has 0 aromatic carbocycles. The van der Waals surface area contributed by atoms with E-state index in [2.05, 4.69) is 27.8 Å². The number of nitrogens with two attached hydrogens (primary N) is 1. The zero-order chi connectivity index (χ0) is 9.84. The van der Waals surface area contributed by atoms with Gasteiger partial charge in [-0.15, -0.1) is 11.3 Å². The average Bonchev–Trinajstić information content (AvgIpc) is 2.47. The van der Waals surface area contributed by atoms with Gasteiger partial charge in [0.05, 0.1) is 5.69 Å². The molecule has 0 saturated carbocycles. The lowest BCUT2D eigenvalue weighted by atomic mass is 10.4. The van der Waals surface area contributed by atoms with Crippen molar-refractivity contribution in [2.75, 3.05) is 12.3 Å². The highest BCUT2D eigenvalue weighted by molar-refractivity contribution is 9.11. The lowest BCUT2D eigenvalue weighted by Gasteiger charge is -2.01. The third-order valence-electron chi connectivity index (χ3n) is 1.34. The normalized spacial score (nSPS) is 9.62. The highest BCUT2D eigenvalue weighted by atomic mass is 79.9. The second kappa shape index (κ2) is 4.43. The molecule has 0 spiro atoms. The van der Waals surface area contributed by atoms with Gasteiger partial charge in [0, 0.05) is 11.0 Å². The monoisotopic (exact) mass is 260 g/mol. The summed E-state index contributed by atoms with van der Waals surface area (Å²) in [7, 11) is 0. The van der Waals surface area contributed by atoms with Crippen molar-refractivity contribution in [3.8, 4) is 0 Å². The molecule has 3 N–H and O–H groups in total. The topological polar surface area (TPSA) is 55.1 Å². The van der Waals surface area contributed by atoms with Gasteiger partial charge in [-0.05, 0) is 11.4 Å². The molecule has 0 bridgehead atoms. The van der Waals surface area contributed by atoms with Gasteiger partial charge in [0.2, 0.25) is 0 Å². The van der Waals surface area contributed by atoms with Crippen LogP contribution in [0.2, 0.25) is 0 Å². The van der Waals surface area contributed by atoms with E-state index in [-0.39, 0.29) is 5.91 Å². The Kier molecular flexibility index (Phi) is 3.50. The minimum absolute atomic E-state index is 0.159. The molecule has 0 aliphatic rings. The number of anilines is 1. The van der Waals surface area contributed by atoms with Crippen molar-refractivity contribution in [1.29, 1.82) is 0 Å². The highest BCUT2D eigenvalue weighted by Gasteiger charge is 2.09. The highest BCUT2D eigenvalue weighted by Crippen LogP contribution is 2.18. The van der Waals surface area contributed by atoms with Crippen molar-refractivity contribution < 1.29 is 4.79 Å². The van der Waals surface area contributed by atoms with Crippen molar-refractivity contribution >= 4 is 38.9 Å². The minimum Gasteiger partial charge on any atom is -0.397 e. The van der Waals surface area contributed by atoms with Gasteiger partial charge in [0.25, 0.3) is 5.91 Å². The van der Waals surface area contributed by atoms with Crippen molar-refractivity contribution in [1.82, 2.24) is 5.32 Å². The van der Waals surface area contributed by atoms with Gasteiger partial charge < -0.3 is 11.1 Å². The van der Waals surface area contributed by atoms with E-state index in [9.17, 15) is 4.79 Å². The summed E-state index contributed by atoms with van der Waals surface area (Å²) in [5.74, 6) is -0.159. The number of hydrogen-bond acceptors (Lipinski definition) is 3. The van der Waals surface area contributed by atoms with Crippen LogP contribution in [-0.2, 0) is 0 Å². The van der Waals surface area contributed by atoms with Gasteiger partial charge in [-0.2, -0.15) is 0 Å². The molecule has 1 heterocycles. The fraction of sp³-hybridized carbons (Fsp3) is 0.125. The molecule has 5 heteroatoms. The van der Waals surface area contributed by atoms with Gasteiger partial charge in [-0.25, -0.2) is 0 Å². The molecule has 1 amide bonds. The van der Waals surface area contributed by atoms with Crippen molar-refractivity contribution in [2.45, 2.75) is 0 Å². The Bertz CT molecular complexity index is 335. The van der Waals surface area contributed by atoms with E-state index in [1.165, 1.54) is 11.3 Å². The van der Waals surface area contributed by atoms with Crippen LogP contribution in [0, 0.1) is 0 Å². The molecule has 0 unspecified atom stereocenters. The Hall–Kier alpha value is -0.810. The molecule has 1 aromatic heterocycles. The summed E-state index contributed by atoms with van der Waals surface area (Å²) in [4.78, 5) is 11.9. The van der Waals surface area contributed by atoms with Crippen LogP contribution in [0.25, 0.3) is 0 Å². The zero-order valence-electron chi connectivity index (χ0n) is 6.84. The van der Waals surface area contributed by atoms with Crippen LogP contribution in [0.1, 0.15) is 9.67 Å².